The van der Waals surface area contributed by atoms with Crippen molar-refractivity contribution in [2.75, 3.05) is 6.61 Å². The van der Waals surface area contributed by atoms with E-state index >= 15 is 0 Å². The Bertz CT molecular complexity index is 518. The molecule has 0 bridgehead atoms. The molecule has 0 N–H and O–H groups in total. The highest BCUT2D eigenvalue weighted by Crippen LogP contribution is 2.05. The van der Waals surface area contributed by atoms with Crippen molar-refractivity contribution < 1.29 is 14.1 Å². The Morgan fingerprint density at radius 2 is 2.41 bits per heavy atom. The van der Waals surface area contributed by atoms with Gasteiger partial charge in [-0.1, -0.05) is 5.16 Å². The zero-order valence-electron chi connectivity index (χ0n) is 9.45. The van der Waals surface area contributed by atoms with Gasteiger partial charge in [-0.05, 0) is 24.3 Å². The van der Waals surface area contributed by atoms with Gasteiger partial charge in [0.05, 0.1) is 13.2 Å². The molecule has 2 aromatic rings. The number of hydrogen-bond acceptors (Lipinski definition) is 7. The second kappa shape index (κ2) is 4.73. The molecular formula is C9H11N5O3. The lowest BCUT2D eigenvalue weighted by Crippen LogP contribution is -2.15. The zero-order valence-corrected chi connectivity index (χ0v) is 9.45. The molecule has 8 heteroatoms. The minimum atomic E-state index is -0.558. The lowest BCUT2D eigenvalue weighted by atomic mass is 10.4. The molecule has 2 heterocycles. The first kappa shape index (κ1) is 11.2. The summed E-state index contributed by atoms with van der Waals surface area (Å²) >= 11 is 0. The normalized spacial score (nSPS) is 10.5. The molecule has 8 nitrogen and oxygen atoms in total. The quantitative estimate of drug-likeness (QED) is 0.700. The van der Waals surface area contributed by atoms with Gasteiger partial charge in [0.1, 0.15) is 11.5 Å². The van der Waals surface area contributed by atoms with Gasteiger partial charge in [0, 0.05) is 6.07 Å². The van der Waals surface area contributed by atoms with Crippen LogP contribution in [-0.2, 0) is 11.3 Å². The van der Waals surface area contributed by atoms with Gasteiger partial charge >= 0.3 is 5.97 Å². The largest absolute Gasteiger partial charge is 0.460 e. The van der Waals surface area contributed by atoms with E-state index in [0.717, 1.165) is 0 Å². The van der Waals surface area contributed by atoms with Crippen molar-refractivity contribution in [1.29, 1.82) is 0 Å². The lowest BCUT2D eigenvalue weighted by molar-refractivity contribution is 0.0505. The molecule has 0 radical (unpaired) electrons. The van der Waals surface area contributed by atoms with Crippen LogP contribution >= 0.6 is 0 Å². The predicted octanol–water partition coefficient (Wildman–Crippen LogP) is 0.195. The van der Waals surface area contributed by atoms with E-state index in [2.05, 4.69) is 20.7 Å². The Hall–Kier alpha value is -2.25. The van der Waals surface area contributed by atoms with Crippen molar-refractivity contribution in [2.24, 2.45) is 0 Å². The highest BCUT2D eigenvalue weighted by Gasteiger charge is 2.17. The Morgan fingerprint density at radius 1 is 1.59 bits per heavy atom. The molecule has 0 aliphatic rings. The Balaban J connectivity index is 2.16. The van der Waals surface area contributed by atoms with Crippen molar-refractivity contribution >= 4 is 5.97 Å². The van der Waals surface area contributed by atoms with Crippen LogP contribution in [0.25, 0.3) is 0 Å². The summed E-state index contributed by atoms with van der Waals surface area (Å²) in [5.74, 6) is 0.177. The van der Waals surface area contributed by atoms with Crippen molar-refractivity contribution in [1.82, 2.24) is 25.4 Å². The predicted molar refractivity (Wildman–Crippen MR) is 54.1 cm³/mol. The van der Waals surface area contributed by atoms with Crippen LogP contribution < -0.4 is 0 Å². The second-order valence-electron chi connectivity index (χ2n) is 3.31. The van der Waals surface area contributed by atoms with Gasteiger partial charge in [0.25, 0.3) is 5.82 Å². The van der Waals surface area contributed by atoms with Gasteiger partial charge in [-0.15, -0.1) is 5.10 Å². The van der Waals surface area contributed by atoms with Crippen molar-refractivity contribution in [2.45, 2.75) is 20.4 Å². The third-order valence-corrected chi connectivity index (χ3v) is 1.98. The number of carbonyl (C=O) groups is 1. The minimum absolute atomic E-state index is 0.0486. The number of hydrogen-bond donors (Lipinski definition) is 0. The fourth-order valence-corrected chi connectivity index (χ4v) is 1.30. The topological polar surface area (TPSA) is 95.9 Å². The summed E-state index contributed by atoms with van der Waals surface area (Å²) in [7, 11) is 0. The van der Waals surface area contributed by atoms with Gasteiger partial charge in [-0.3, -0.25) is 0 Å². The van der Waals surface area contributed by atoms with E-state index in [9.17, 15) is 4.79 Å². The van der Waals surface area contributed by atoms with Crippen LogP contribution in [0.3, 0.4) is 0 Å². The number of rotatable bonds is 4. The highest BCUT2D eigenvalue weighted by atomic mass is 16.5. The highest BCUT2D eigenvalue weighted by molar-refractivity contribution is 5.85. The molecule has 0 saturated carbocycles. The molecular weight excluding hydrogens is 226 g/mol. The number of carbonyl (C=O) groups excluding carboxylic acids is 1. The van der Waals surface area contributed by atoms with Gasteiger partial charge < -0.3 is 9.26 Å². The molecule has 2 rings (SSSR count). The number of tetrazole rings is 1. The van der Waals surface area contributed by atoms with E-state index in [1.54, 1.807) is 19.9 Å². The van der Waals surface area contributed by atoms with Crippen molar-refractivity contribution in [3.05, 3.63) is 23.3 Å². The number of aromatic nitrogens is 5. The molecule has 90 valence electrons. The fraction of sp³-hybridized carbons (Fsp3) is 0.444. The Morgan fingerprint density at radius 3 is 3.06 bits per heavy atom. The molecule has 0 unspecified atom stereocenters. The first-order chi connectivity index (χ1) is 8.20. The molecule has 17 heavy (non-hydrogen) atoms. The average Bonchev–Trinajstić information content (AvgIpc) is 2.89. The van der Waals surface area contributed by atoms with E-state index in [-0.39, 0.29) is 19.0 Å². The molecule has 0 saturated heterocycles. The fourth-order valence-electron chi connectivity index (χ4n) is 1.30. The number of esters is 1. The molecule has 0 amide bonds. The Kier molecular flexibility index (Phi) is 3.12. The summed E-state index contributed by atoms with van der Waals surface area (Å²) in [4.78, 5) is 11.5. The molecule has 0 fully saturated rings. The first-order valence-electron chi connectivity index (χ1n) is 5.06. The first-order valence-corrected chi connectivity index (χ1v) is 5.06. The van der Waals surface area contributed by atoms with E-state index in [1.165, 1.54) is 4.68 Å². The van der Waals surface area contributed by atoms with E-state index in [1.807, 2.05) is 0 Å². The number of aryl methyl sites for hydroxylation is 1. The van der Waals surface area contributed by atoms with Gasteiger partial charge in [-0.2, -0.15) is 0 Å². The van der Waals surface area contributed by atoms with Gasteiger partial charge in [0.15, 0.2) is 0 Å². The van der Waals surface area contributed by atoms with Crippen LogP contribution in [0.2, 0.25) is 0 Å². The summed E-state index contributed by atoms with van der Waals surface area (Å²) in [6, 6.07) is 1.75. The SMILES string of the molecule is CCOC(=O)c1nnnn1Cc1cc(C)on1. The van der Waals surface area contributed by atoms with Gasteiger partial charge in [0.2, 0.25) is 0 Å². The van der Waals surface area contributed by atoms with Crippen LogP contribution in [0.1, 0.15) is 29.0 Å². The molecule has 0 aliphatic carbocycles. The minimum Gasteiger partial charge on any atom is -0.460 e. The standard InChI is InChI=1S/C9H11N5O3/c1-3-16-9(15)8-10-12-13-14(8)5-7-4-6(2)17-11-7/h4H,3,5H2,1-2H3. The van der Waals surface area contributed by atoms with Crippen molar-refractivity contribution in [3.8, 4) is 0 Å². The summed E-state index contributed by atoms with van der Waals surface area (Å²) < 4.78 is 11.1. The Labute approximate surface area is 96.5 Å². The summed E-state index contributed by atoms with van der Waals surface area (Å²) in [5.41, 5.74) is 0.639. The maximum atomic E-state index is 11.5. The van der Waals surface area contributed by atoms with Crippen molar-refractivity contribution in [3.63, 3.8) is 0 Å². The maximum absolute atomic E-state index is 11.5. The summed E-state index contributed by atoms with van der Waals surface area (Å²) in [5, 5.41) is 14.5. The molecule has 0 atom stereocenters. The summed E-state index contributed by atoms with van der Waals surface area (Å²) in [6.45, 7) is 4.03. The van der Waals surface area contributed by atoms with E-state index in [4.69, 9.17) is 9.26 Å². The number of nitrogens with zero attached hydrogens (tertiary/aromatic N) is 5. The molecule has 0 aliphatic heterocycles. The van der Waals surface area contributed by atoms with Crippen LogP contribution in [0.5, 0.6) is 0 Å². The van der Waals surface area contributed by atoms with Crippen LogP contribution in [0, 0.1) is 6.92 Å². The average molecular weight is 237 g/mol. The third-order valence-electron chi connectivity index (χ3n) is 1.98. The summed E-state index contributed by atoms with van der Waals surface area (Å²) in [6.07, 6.45) is 0. The molecule has 0 spiro atoms. The second-order valence-corrected chi connectivity index (χ2v) is 3.31. The third kappa shape index (κ3) is 2.47. The monoisotopic (exact) mass is 237 g/mol. The molecule has 0 aromatic carbocycles. The number of ether oxygens (including phenoxy) is 1. The van der Waals surface area contributed by atoms with Crippen LogP contribution in [-0.4, -0.2) is 37.9 Å². The maximum Gasteiger partial charge on any atom is 0.378 e. The van der Waals surface area contributed by atoms with E-state index < -0.39 is 5.97 Å². The molecule has 2 aromatic heterocycles. The lowest BCUT2D eigenvalue weighted by Gasteiger charge is -2.01. The van der Waals surface area contributed by atoms with Gasteiger partial charge in [-0.25, -0.2) is 9.48 Å². The zero-order chi connectivity index (χ0) is 12.3. The van der Waals surface area contributed by atoms with Crippen LogP contribution in [0.4, 0.5) is 0 Å². The smallest absolute Gasteiger partial charge is 0.378 e. The van der Waals surface area contributed by atoms with E-state index in [0.29, 0.717) is 11.5 Å². The van der Waals surface area contributed by atoms with Crippen LogP contribution in [0.15, 0.2) is 10.6 Å².